The number of non-ortho nitro benzene ring substituents is 1. The fraction of sp³-hybridized carbons (Fsp3) is 0.286. The number of hydrogen-bond donors (Lipinski definition) is 2. The lowest BCUT2D eigenvalue weighted by atomic mass is 9.81. The maximum atomic E-state index is 11.2. The van der Waals surface area contributed by atoms with E-state index in [0.29, 0.717) is 5.92 Å². The molecule has 0 bridgehead atoms. The Bertz CT molecular complexity index is 1060. The molecule has 142 valence electrons. The number of para-hydroxylation sites is 1. The Balaban J connectivity index is 1.59. The molecule has 2 N–H and O–H groups in total. The molecule has 7 nitrogen and oxygen atoms in total. The van der Waals surface area contributed by atoms with Crippen LogP contribution in [-0.4, -0.2) is 21.2 Å². The Labute approximate surface area is 162 Å². The molecule has 2 unspecified atom stereocenters. The van der Waals surface area contributed by atoms with Gasteiger partial charge in [0.05, 0.1) is 33.7 Å². The van der Waals surface area contributed by atoms with Crippen LogP contribution in [0, 0.1) is 23.0 Å². The lowest BCUT2D eigenvalue weighted by Gasteiger charge is -2.31. The van der Waals surface area contributed by atoms with Crippen molar-refractivity contribution in [2.24, 2.45) is 5.92 Å². The number of rotatable bonds is 2. The number of benzene rings is 2. The maximum Gasteiger partial charge on any atom is 0.271 e. The van der Waals surface area contributed by atoms with E-state index in [0.717, 1.165) is 42.1 Å². The first-order valence-corrected chi connectivity index (χ1v) is 9.54. The molecule has 28 heavy (non-hydrogen) atoms. The molecule has 0 radical (unpaired) electrons. The lowest BCUT2D eigenvalue weighted by Crippen LogP contribution is -2.29. The van der Waals surface area contributed by atoms with Crippen molar-refractivity contribution in [2.45, 2.75) is 25.8 Å². The van der Waals surface area contributed by atoms with Crippen LogP contribution >= 0.6 is 0 Å². The van der Waals surface area contributed by atoms with Crippen molar-refractivity contribution in [3.63, 3.8) is 0 Å². The molecule has 0 saturated carbocycles. The van der Waals surface area contributed by atoms with Gasteiger partial charge in [0.2, 0.25) is 0 Å². The molecule has 0 fully saturated rings. The minimum absolute atomic E-state index is 0.0805. The van der Waals surface area contributed by atoms with Gasteiger partial charge in [-0.25, -0.2) is 4.68 Å². The van der Waals surface area contributed by atoms with Crippen LogP contribution in [0.2, 0.25) is 0 Å². The van der Waals surface area contributed by atoms with Crippen LogP contribution in [0.3, 0.4) is 0 Å². The molecule has 1 aliphatic heterocycles. The first-order chi connectivity index (χ1) is 13.6. The Morgan fingerprint density at radius 3 is 2.79 bits per heavy atom. The van der Waals surface area contributed by atoms with Crippen LogP contribution < -0.4 is 10.6 Å². The third-order valence-electron chi connectivity index (χ3n) is 5.82. The zero-order chi connectivity index (χ0) is 19.3. The highest BCUT2D eigenvalue weighted by Crippen LogP contribution is 2.43. The second kappa shape index (κ2) is 6.37. The number of fused-ring (bicyclic) bond motifs is 4. The second-order valence-electron chi connectivity index (χ2n) is 7.48. The summed E-state index contributed by atoms with van der Waals surface area (Å²) >= 11 is 0. The molecule has 2 aliphatic rings. The van der Waals surface area contributed by atoms with E-state index < -0.39 is 0 Å². The third-order valence-corrected chi connectivity index (χ3v) is 5.82. The molecule has 2 aromatic carbocycles. The molecule has 0 spiro atoms. The molecular weight excluding hydrogens is 354 g/mol. The molecule has 0 amide bonds. The lowest BCUT2D eigenvalue weighted by molar-refractivity contribution is -0.384. The highest BCUT2D eigenvalue weighted by molar-refractivity contribution is 5.73. The van der Waals surface area contributed by atoms with E-state index in [1.165, 1.54) is 11.3 Å². The van der Waals surface area contributed by atoms with Crippen molar-refractivity contribution < 1.29 is 4.92 Å². The smallest absolute Gasteiger partial charge is 0.271 e. The first-order valence-electron chi connectivity index (χ1n) is 9.54. The van der Waals surface area contributed by atoms with E-state index in [1.807, 2.05) is 18.2 Å². The monoisotopic (exact) mass is 375 g/mol. The van der Waals surface area contributed by atoms with Gasteiger partial charge < -0.3 is 10.6 Å². The van der Waals surface area contributed by atoms with Crippen molar-refractivity contribution in [1.82, 2.24) is 9.78 Å². The molecular formula is C21H21N5O2. The average molecular weight is 375 g/mol. The Kier molecular flexibility index (Phi) is 3.82. The molecule has 7 heteroatoms. The van der Waals surface area contributed by atoms with E-state index in [9.17, 15) is 10.1 Å². The summed E-state index contributed by atoms with van der Waals surface area (Å²) in [5.41, 5.74) is 6.31. The van der Waals surface area contributed by atoms with Crippen molar-refractivity contribution in [3.8, 4) is 5.69 Å². The quantitative estimate of drug-likeness (QED) is 0.517. The van der Waals surface area contributed by atoms with Gasteiger partial charge in [0.25, 0.3) is 5.69 Å². The molecule has 0 saturated heterocycles. The number of nitrogens with zero attached hydrogens (tertiary/aromatic N) is 3. The van der Waals surface area contributed by atoms with Crippen LogP contribution in [0.15, 0.2) is 48.5 Å². The van der Waals surface area contributed by atoms with E-state index >= 15 is 0 Å². The van der Waals surface area contributed by atoms with Crippen LogP contribution in [0.5, 0.6) is 0 Å². The summed E-state index contributed by atoms with van der Waals surface area (Å²) in [4.78, 5) is 10.9. The number of nitrogens with one attached hydrogen (secondary N) is 2. The van der Waals surface area contributed by atoms with Gasteiger partial charge in [-0.1, -0.05) is 18.2 Å². The number of hydrogen-bond acceptors (Lipinski definition) is 5. The molecule has 5 rings (SSSR count). The van der Waals surface area contributed by atoms with Gasteiger partial charge in [0.15, 0.2) is 0 Å². The zero-order valence-corrected chi connectivity index (χ0v) is 15.6. The van der Waals surface area contributed by atoms with Crippen LogP contribution in [0.4, 0.5) is 17.1 Å². The van der Waals surface area contributed by atoms with E-state index in [1.54, 1.807) is 18.2 Å². The van der Waals surface area contributed by atoms with Crippen molar-refractivity contribution in [3.05, 3.63) is 75.6 Å². The second-order valence-corrected chi connectivity index (χ2v) is 7.48. The van der Waals surface area contributed by atoms with E-state index in [2.05, 4.69) is 34.4 Å². The number of aryl methyl sites for hydroxylation is 1. The number of anilines is 2. The van der Waals surface area contributed by atoms with Gasteiger partial charge in [0, 0.05) is 35.9 Å². The van der Waals surface area contributed by atoms with E-state index in [-0.39, 0.29) is 16.7 Å². The maximum absolute atomic E-state index is 11.2. The summed E-state index contributed by atoms with van der Waals surface area (Å²) in [7, 11) is 0. The van der Waals surface area contributed by atoms with Crippen molar-refractivity contribution >= 4 is 17.1 Å². The molecule has 3 aromatic rings. The summed E-state index contributed by atoms with van der Waals surface area (Å²) in [5.74, 6) is 0.395. The predicted octanol–water partition coefficient (Wildman–Crippen LogP) is 4.23. The van der Waals surface area contributed by atoms with Gasteiger partial charge >= 0.3 is 0 Å². The van der Waals surface area contributed by atoms with Gasteiger partial charge in [-0.15, -0.1) is 0 Å². The molecule has 1 aromatic heterocycles. The summed E-state index contributed by atoms with van der Waals surface area (Å²) in [5, 5.41) is 23.1. The normalized spacial score (nSPS) is 20.0. The summed E-state index contributed by atoms with van der Waals surface area (Å²) < 4.78 is 2.05. The Hall–Kier alpha value is -3.35. The Morgan fingerprint density at radius 1 is 1.18 bits per heavy atom. The van der Waals surface area contributed by atoms with E-state index in [4.69, 9.17) is 5.10 Å². The van der Waals surface area contributed by atoms with Gasteiger partial charge in [-0.3, -0.25) is 10.1 Å². The van der Waals surface area contributed by atoms with Crippen LogP contribution in [0.25, 0.3) is 5.69 Å². The van der Waals surface area contributed by atoms with Crippen molar-refractivity contribution in [2.75, 3.05) is 17.2 Å². The fourth-order valence-electron chi connectivity index (χ4n) is 4.48. The first kappa shape index (κ1) is 16.8. The summed E-state index contributed by atoms with van der Waals surface area (Å²) in [6.07, 6.45) is 2.00. The molecule has 2 heterocycles. The predicted molar refractivity (Wildman–Crippen MR) is 108 cm³/mol. The van der Waals surface area contributed by atoms with Crippen molar-refractivity contribution in [1.29, 1.82) is 0 Å². The largest absolute Gasteiger partial charge is 0.383 e. The van der Waals surface area contributed by atoms with Gasteiger partial charge in [-0.2, -0.15) is 5.10 Å². The third kappa shape index (κ3) is 2.62. The standard InChI is InChI=1S/C21H21N5O2/c1-13-20-19(25(24-13)15-5-3-2-4-6-15)10-7-14-12-22-17-9-8-16(26(27)28)11-18(17)23-21(14)20/h2-6,8-9,11,14,21-23H,7,10,12H2,1H3. The number of nitro groups is 1. The fourth-order valence-corrected chi connectivity index (χ4v) is 4.48. The minimum atomic E-state index is -0.352. The number of nitro benzene ring substituents is 1. The molecule has 1 aliphatic carbocycles. The van der Waals surface area contributed by atoms with Crippen LogP contribution in [0.1, 0.15) is 29.4 Å². The summed E-state index contributed by atoms with van der Waals surface area (Å²) in [6.45, 7) is 2.88. The molecule has 2 atom stereocenters. The highest BCUT2D eigenvalue weighted by Gasteiger charge is 2.36. The number of aromatic nitrogens is 2. The van der Waals surface area contributed by atoms with Crippen LogP contribution in [-0.2, 0) is 6.42 Å². The SMILES string of the molecule is Cc1nn(-c2ccccc2)c2c1C1Nc3cc([N+](=O)[O-])ccc3NCC1CC2. The Morgan fingerprint density at radius 2 is 2.00 bits per heavy atom. The minimum Gasteiger partial charge on any atom is -0.383 e. The zero-order valence-electron chi connectivity index (χ0n) is 15.6. The van der Waals surface area contributed by atoms with Gasteiger partial charge in [-0.05, 0) is 38.0 Å². The van der Waals surface area contributed by atoms with Gasteiger partial charge in [0.1, 0.15) is 0 Å². The summed E-state index contributed by atoms with van der Waals surface area (Å²) in [6, 6.07) is 15.2. The average Bonchev–Trinajstić information content (AvgIpc) is 2.93. The topological polar surface area (TPSA) is 85.0 Å². The highest BCUT2D eigenvalue weighted by atomic mass is 16.6.